The van der Waals surface area contributed by atoms with Crippen molar-refractivity contribution in [1.29, 1.82) is 0 Å². The molecule has 0 radical (unpaired) electrons. The van der Waals surface area contributed by atoms with Gasteiger partial charge in [0, 0.05) is 50.5 Å². The molecule has 0 atom stereocenters. The molecule has 2 fully saturated rings. The van der Waals surface area contributed by atoms with Crippen LogP contribution in [0.3, 0.4) is 0 Å². The molecule has 6 heteroatoms. The van der Waals surface area contributed by atoms with Gasteiger partial charge in [0.1, 0.15) is 0 Å². The molecule has 2 aliphatic rings. The van der Waals surface area contributed by atoms with Gasteiger partial charge in [-0.2, -0.15) is 0 Å². The van der Waals surface area contributed by atoms with E-state index in [-0.39, 0.29) is 11.8 Å². The number of nitrogens with zero attached hydrogens (tertiary/aromatic N) is 3. The van der Waals surface area contributed by atoms with Crippen LogP contribution in [0.2, 0.25) is 0 Å². The first kappa shape index (κ1) is 17.7. The molecule has 2 amide bonds. The summed E-state index contributed by atoms with van der Waals surface area (Å²) in [6, 6.07) is 8.55. The molecule has 136 valence electrons. The van der Waals surface area contributed by atoms with Crippen LogP contribution in [0, 0.1) is 0 Å². The number of benzene rings is 1. The SMILES string of the molecule is CC(=O)N1CCN(c2ccc(NC(=O)CN(C)C3CCC3)cc2)CC1. The summed E-state index contributed by atoms with van der Waals surface area (Å²) in [6.07, 6.45) is 3.68. The van der Waals surface area contributed by atoms with E-state index < -0.39 is 0 Å². The zero-order valence-corrected chi connectivity index (χ0v) is 15.2. The zero-order chi connectivity index (χ0) is 17.8. The fourth-order valence-electron chi connectivity index (χ4n) is 3.42. The molecular weight excluding hydrogens is 316 g/mol. The molecule has 0 bridgehead atoms. The van der Waals surface area contributed by atoms with Gasteiger partial charge in [-0.05, 0) is 44.2 Å². The van der Waals surface area contributed by atoms with Crippen LogP contribution in [-0.4, -0.2) is 67.4 Å². The Morgan fingerprint density at radius 1 is 1.12 bits per heavy atom. The second-order valence-corrected chi connectivity index (χ2v) is 7.09. The van der Waals surface area contributed by atoms with Gasteiger partial charge in [0.15, 0.2) is 0 Å². The third-order valence-electron chi connectivity index (χ3n) is 5.33. The van der Waals surface area contributed by atoms with Gasteiger partial charge in [-0.3, -0.25) is 14.5 Å². The molecule has 25 heavy (non-hydrogen) atoms. The lowest BCUT2D eigenvalue weighted by atomic mass is 9.92. The van der Waals surface area contributed by atoms with Crippen molar-refractivity contribution in [1.82, 2.24) is 9.80 Å². The van der Waals surface area contributed by atoms with Gasteiger partial charge in [-0.15, -0.1) is 0 Å². The van der Waals surface area contributed by atoms with Crippen molar-refractivity contribution in [2.45, 2.75) is 32.2 Å². The van der Waals surface area contributed by atoms with Gasteiger partial charge in [-0.25, -0.2) is 0 Å². The number of hydrogen-bond donors (Lipinski definition) is 1. The maximum absolute atomic E-state index is 12.2. The summed E-state index contributed by atoms with van der Waals surface area (Å²) in [5.41, 5.74) is 1.96. The molecule has 0 spiro atoms. The van der Waals surface area contributed by atoms with Crippen molar-refractivity contribution >= 4 is 23.2 Å². The third kappa shape index (κ3) is 4.51. The predicted molar refractivity (Wildman–Crippen MR) is 99.8 cm³/mol. The first-order valence-corrected chi connectivity index (χ1v) is 9.13. The second-order valence-electron chi connectivity index (χ2n) is 7.09. The Balaban J connectivity index is 1.48. The Bertz CT molecular complexity index is 604. The number of hydrogen-bond acceptors (Lipinski definition) is 4. The van der Waals surface area contributed by atoms with Crippen LogP contribution in [0.1, 0.15) is 26.2 Å². The van der Waals surface area contributed by atoms with Crippen LogP contribution < -0.4 is 10.2 Å². The molecule has 0 unspecified atom stereocenters. The average molecular weight is 344 g/mol. The van der Waals surface area contributed by atoms with E-state index in [2.05, 4.69) is 15.1 Å². The minimum absolute atomic E-state index is 0.0391. The van der Waals surface area contributed by atoms with E-state index in [1.54, 1.807) is 6.92 Å². The van der Waals surface area contributed by atoms with Crippen LogP contribution in [-0.2, 0) is 9.59 Å². The van der Waals surface area contributed by atoms with Crippen molar-refractivity contribution in [3.63, 3.8) is 0 Å². The van der Waals surface area contributed by atoms with Gasteiger partial charge in [0.25, 0.3) is 0 Å². The predicted octanol–water partition coefficient (Wildman–Crippen LogP) is 1.78. The minimum Gasteiger partial charge on any atom is -0.368 e. The number of likely N-dealkylation sites (N-methyl/N-ethyl adjacent to an activating group) is 1. The number of carbonyl (C=O) groups is 2. The second kappa shape index (κ2) is 7.87. The Labute approximate surface area is 149 Å². The Kier molecular flexibility index (Phi) is 5.58. The fraction of sp³-hybridized carbons (Fsp3) is 0.579. The topological polar surface area (TPSA) is 55.9 Å². The lowest BCUT2D eigenvalue weighted by molar-refractivity contribution is -0.129. The number of piperazine rings is 1. The lowest BCUT2D eigenvalue weighted by Crippen LogP contribution is -2.48. The summed E-state index contributed by atoms with van der Waals surface area (Å²) >= 11 is 0. The van der Waals surface area contributed by atoms with Crippen LogP contribution in [0.15, 0.2) is 24.3 Å². The quantitative estimate of drug-likeness (QED) is 0.885. The molecular formula is C19H28N4O2. The third-order valence-corrected chi connectivity index (χ3v) is 5.33. The highest BCUT2D eigenvalue weighted by molar-refractivity contribution is 5.92. The van der Waals surface area contributed by atoms with Crippen LogP contribution in [0.5, 0.6) is 0 Å². The Morgan fingerprint density at radius 2 is 1.76 bits per heavy atom. The van der Waals surface area contributed by atoms with Gasteiger partial charge >= 0.3 is 0 Å². The van der Waals surface area contributed by atoms with E-state index in [1.807, 2.05) is 36.2 Å². The molecule has 1 aromatic rings. The molecule has 1 saturated carbocycles. The highest BCUT2D eigenvalue weighted by Crippen LogP contribution is 2.23. The van der Waals surface area contributed by atoms with E-state index in [0.717, 1.165) is 37.6 Å². The number of nitrogens with one attached hydrogen (secondary N) is 1. The number of rotatable bonds is 5. The first-order chi connectivity index (χ1) is 12.0. The maximum Gasteiger partial charge on any atom is 0.238 e. The number of amides is 2. The van der Waals surface area contributed by atoms with Crippen LogP contribution in [0.25, 0.3) is 0 Å². The highest BCUT2D eigenvalue weighted by Gasteiger charge is 2.23. The Morgan fingerprint density at radius 3 is 2.28 bits per heavy atom. The van der Waals surface area contributed by atoms with E-state index in [4.69, 9.17) is 0 Å². The van der Waals surface area contributed by atoms with Crippen molar-refractivity contribution in [3.8, 4) is 0 Å². The average Bonchev–Trinajstić information content (AvgIpc) is 2.53. The van der Waals surface area contributed by atoms with Gasteiger partial charge in [0.2, 0.25) is 11.8 Å². The summed E-state index contributed by atoms with van der Waals surface area (Å²) < 4.78 is 0. The van der Waals surface area contributed by atoms with Crippen molar-refractivity contribution < 1.29 is 9.59 Å². The minimum atomic E-state index is 0.0391. The molecule has 1 N–H and O–H groups in total. The first-order valence-electron chi connectivity index (χ1n) is 9.13. The van der Waals surface area contributed by atoms with E-state index in [1.165, 1.54) is 19.3 Å². The van der Waals surface area contributed by atoms with Crippen LogP contribution in [0.4, 0.5) is 11.4 Å². The zero-order valence-electron chi connectivity index (χ0n) is 15.2. The smallest absolute Gasteiger partial charge is 0.238 e. The van der Waals surface area contributed by atoms with Gasteiger partial charge in [0.05, 0.1) is 6.54 Å². The van der Waals surface area contributed by atoms with Gasteiger partial charge < -0.3 is 15.1 Å². The van der Waals surface area contributed by atoms with Crippen molar-refractivity contribution in [2.75, 3.05) is 50.0 Å². The summed E-state index contributed by atoms with van der Waals surface area (Å²) in [4.78, 5) is 29.8. The molecule has 1 heterocycles. The Hall–Kier alpha value is -2.08. The van der Waals surface area contributed by atoms with E-state index in [0.29, 0.717) is 12.6 Å². The lowest BCUT2D eigenvalue weighted by Gasteiger charge is -2.35. The van der Waals surface area contributed by atoms with Crippen LogP contribution >= 0.6 is 0 Å². The molecule has 1 aliphatic carbocycles. The molecule has 0 aromatic heterocycles. The standard InChI is InChI=1S/C19H28N4O2/c1-15(24)22-10-12-23(13-11-22)18-8-6-16(7-9-18)20-19(25)14-21(2)17-4-3-5-17/h6-9,17H,3-5,10-14H2,1-2H3,(H,20,25). The fourth-order valence-corrected chi connectivity index (χ4v) is 3.42. The maximum atomic E-state index is 12.2. The summed E-state index contributed by atoms with van der Waals surface area (Å²) in [6.45, 7) is 5.28. The number of anilines is 2. The molecule has 3 rings (SSSR count). The molecule has 1 aromatic carbocycles. The van der Waals surface area contributed by atoms with E-state index >= 15 is 0 Å². The highest BCUT2D eigenvalue weighted by atomic mass is 16.2. The molecule has 1 aliphatic heterocycles. The normalized spacial score (nSPS) is 18.2. The molecule has 1 saturated heterocycles. The number of carbonyl (C=O) groups excluding carboxylic acids is 2. The van der Waals surface area contributed by atoms with Crippen molar-refractivity contribution in [3.05, 3.63) is 24.3 Å². The summed E-state index contributed by atoms with van der Waals surface area (Å²) in [5.74, 6) is 0.182. The van der Waals surface area contributed by atoms with Crippen molar-refractivity contribution in [2.24, 2.45) is 0 Å². The largest absolute Gasteiger partial charge is 0.368 e. The summed E-state index contributed by atoms with van der Waals surface area (Å²) in [7, 11) is 2.02. The van der Waals surface area contributed by atoms with Gasteiger partial charge in [-0.1, -0.05) is 6.42 Å². The summed E-state index contributed by atoms with van der Waals surface area (Å²) in [5, 5.41) is 2.98. The molecule has 6 nitrogen and oxygen atoms in total. The monoisotopic (exact) mass is 344 g/mol. The van der Waals surface area contributed by atoms with E-state index in [9.17, 15) is 9.59 Å².